The standard InChI is InChI=1S/C23H32N2O4S/c1-5-7-8-15-24-23(26)19-11-14-22(29-6-2)20(16-19)17-25(4)30(27,28)21-12-9-18(3)10-13-21/h9-14,16H,5-8,15,17H2,1-4H3,(H,24,26). The van der Waals surface area contributed by atoms with E-state index in [1.54, 1.807) is 42.5 Å². The van der Waals surface area contributed by atoms with E-state index in [9.17, 15) is 13.2 Å². The number of sulfonamides is 1. The van der Waals surface area contributed by atoms with Crippen molar-refractivity contribution in [2.24, 2.45) is 0 Å². The molecule has 0 spiro atoms. The van der Waals surface area contributed by atoms with Crippen molar-refractivity contribution in [2.75, 3.05) is 20.2 Å². The van der Waals surface area contributed by atoms with Crippen LogP contribution in [0, 0.1) is 6.92 Å². The lowest BCUT2D eigenvalue weighted by Gasteiger charge is -2.20. The number of unbranched alkanes of at least 4 members (excludes halogenated alkanes) is 2. The van der Waals surface area contributed by atoms with Gasteiger partial charge in [-0.1, -0.05) is 37.5 Å². The van der Waals surface area contributed by atoms with Crippen molar-refractivity contribution in [3.63, 3.8) is 0 Å². The monoisotopic (exact) mass is 432 g/mol. The molecule has 0 heterocycles. The molecule has 0 aromatic heterocycles. The number of aryl methyl sites for hydroxylation is 1. The van der Waals surface area contributed by atoms with Crippen LogP contribution in [-0.2, 0) is 16.6 Å². The van der Waals surface area contributed by atoms with E-state index in [-0.39, 0.29) is 17.3 Å². The average molecular weight is 433 g/mol. The number of hydrogen-bond donors (Lipinski definition) is 1. The minimum atomic E-state index is -3.66. The Labute approximate surface area is 180 Å². The summed E-state index contributed by atoms with van der Waals surface area (Å²) in [5, 5.41) is 2.92. The number of amides is 1. The van der Waals surface area contributed by atoms with Crippen LogP contribution in [0.5, 0.6) is 5.75 Å². The lowest BCUT2D eigenvalue weighted by atomic mass is 10.1. The van der Waals surface area contributed by atoms with Gasteiger partial charge in [-0.25, -0.2) is 8.42 Å². The molecule has 0 atom stereocenters. The first kappa shape index (κ1) is 23.9. The first-order valence-electron chi connectivity index (χ1n) is 10.4. The number of nitrogens with zero attached hydrogens (tertiary/aromatic N) is 1. The summed E-state index contributed by atoms with van der Waals surface area (Å²) in [6.07, 6.45) is 3.09. The van der Waals surface area contributed by atoms with Gasteiger partial charge in [0.15, 0.2) is 0 Å². The van der Waals surface area contributed by atoms with Gasteiger partial charge in [-0.05, 0) is 50.6 Å². The van der Waals surface area contributed by atoms with Gasteiger partial charge in [-0.15, -0.1) is 0 Å². The van der Waals surface area contributed by atoms with Crippen molar-refractivity contribution < 1.29 is 17.9 Å². The molecule has 0 unspecified atom stereocenters. The molecule has 0 fully saturated rings. The molecule has 6 nitrogen and oxygen atoms in total. The number of benzene rings is 2. The van der Waals surface area contributed by atoms with Gasteiger partial charge in [0, 0.05) is 31.3 Å². The van der Waals surface area contributed by atoms with Crippen LogP contribution in [0.2, 0.25) is 0 Å². The van der Waals surface area contributed by atoms with Crippen molar-refractivity contribution in [1.29, 1.82) is 0 Å². The fourth-order valence-corrected chi connectivity index (χ4v) is 4.18. The molecule has 2 aromatic carbocycles. The van der Waals surface area contributed by atoms with Crippen LogP contribution in [0.25, 0.3) is 0 Å². The molecule has 0 saturated heterocycles. The molecule has 164 valence electrons. The minimum absolute atomic E-state index is 0.0997. The summed E-state index contributed by atoms with van der Waals surface area (Å²) in [5.41, 5.74) is 2.13. The number of hydrogen-bond acceptors (Lipinski definition) is 4. The van der Waals surface area contributed by atoms with E-state index in [0.717, 1.165) is 24.8 Å². The largest absolute Gasteiger partial charge is 0.494 e. The number of ether oxygens (including phenoxy) is 1. The number of carbonyl (C=O) groups is 1. The van der Waals surface area contributed by atoms with Crippen molar-refractivity contribution in [1.82, 2.24) is 9.62 Å². The van der Waals surface area contributed by atoms with Gasteiger partial charge in [0.2, 0.25) is 10.0 Å². The van der Waals surface area contributed by atoms with E-state index in [4.69, 9.17) is 4.74 Å². The Kier molecular flexibility index (Phi) is 8.87. The Hall–Kier alpha value is -2.38. The van der Waals surface area contributed by atoms with Gasteiger partial charge in [-0.2, -0.15) is 4.31 Å². The van der Waals surface area contributed by atoms with Crippen LogP contribution in [-0.4, -0.2) is 38.8 Å². The van der Waals surface area contributed by atoms with E-state index in [1.165, 1.54) is 11.4 Å². The van der Waals surface area contributed by atoms with Crippen LogP contribution in [0.3, 0.4) is 0 Å². The van der Waals surface area contributed by atoms with Crippen molar-refractivity contribution in [3.05, 3.63) is 59.2 Å². The summed E-state index contributed by atoms with van der Waals surface area (Å²) in [4.78, 5) is 12.7. The molecule has 1 amide bonds. The Morgan fingerprint density at radius 2 is 1.77 bits per heavy atom. The van der Waals surface area contributed by atoms with Gasteiger partial charge in [0.25, 0.3) is 5.91 Å². The Morgan fingerprint density at radius 3 is 2.40 bits per heavy atom. The molecule has 2 rings (SSSR count). The molecule has 0 bridgehead atoms. The van der Waals surface area contributed by atoms with Gasteiger partial charge in [-0.3, -0.25) is 4.79 Å². The second kappa shape index (κ2) is 11.1. The summed E-state index contributed by atoms with van der Waals surface area (Å²) < 4.78 is 32.8. The first-order chi connectivity index (χ1) is 14.3. The summed E-state index contributed by atoms with van der Waals surface area (Å²) in [6.45, 7) is 7.06. The molecular formula is C23H32N2O4S. The lowest BCUT2D eigenvalue weighted by molar-refractivity contribution is 0.0953. The topological polar surface area (TPSA) is 75.7 Å². The maximum atomic E-state index is 12.9. The molecule has 0 aliphatic heterocycles. The molecule has 0 radical (unpaired) electrons. The quantitative estimate of drug-likeness (QED) is 0.542. The molecule has 1 N–H and O–H groups in total. The second-order valence-corrected chi connectivity index (χ2v) is 9.34. The molecule has 30 heavy (non-hydrogen) atoms. The highest BCUT2D eigenvalue weighted by molar-refractivity contribution is 7.89. The zero-order chi connectivity index (χ0) is 22.1. The minimum Gasteiger partial charge on any atom is -0.494 e. The third-order valence-electron chi connectivity index (χ3n) is 4.81. The fourth-order valence-electron chi connectivity index (χ4n) is 3.03. The van der Waals surface area contributed by atoms with Gasteiger partial charge < -0.3 is 10.1 Å². The normalized spacial score (nSPS) is 11.5. The van der Waals surface area contributed by atoms with E-state index in [0.29, 0.717) is 30.0 Å². The highest BCUT2D eigenvalue weighted by atomic mass is 32.2. The third-order valence-corrected chi connectivity index (χ3v) is 6.63. The molecule has 2 aromatic rings. The van der Waals surface area contributed by atoms with Crippen molar-refractivity contribution in [3.8, 4) is 5.75 Å². The van der Waals surface area contributed by atoms with Crippen molar-refractivity contribution in [2.45, 2.75) is 51.5 Å². The number of carbonyl (C=O) groups excluding carboxylic acids is 1. The first-order valence-corrected chi connectivity index (χ1v) is 11.8. The zero-order valence-corrected chi connectivity index (χ0v) is 19.1. The van der Waals surface area contributed by atoms with Crippen LogP contribution < -0.4 is 10.1 Å². The van der Waals surface area contributed by atoms with E-state index in [1.807, 2.05) is 13.8 Å². The van der Waals surface area contributed by atoms with E-state index in [2.05, 4.69) is 12.2 Å². The molecular weight excluding hydrogens is 400 g/mol. The third kappa shape index (κ3) is 6.31. The van der Waals surface area contributed by atoms with E-state index >= 15 is 0 Å². The summed E-state index contributed by atoms with van der Waals surface area (Å²) in [5.74, 6) is 0.408. The maximum absolute atomic E-state index is 12.9. The van der Waals surface area contributed by atoms with Gasteiger partial charge in [0.1, 0.15) is 5.75 Å². The Bertz CT molecular complexity index is 940. The van der Waals surface area contributed by atoms with Crippen molar-refractivity contribution >= 4 is 15.9 Å². The predicted octanol–water partition coefficient (Wildman–Crippen LogP) is 4.13. The second-order valence-electron chi connectivity index (χ2n) is 7.29. The maximum Gasteiger partial charge on any atom is 0.251 e. The molecule has 7 heteroatoms. The number of nitrogens with one attached hydrogen (secondary N) is 1. The molecule has 0 saturated carbocycles. The summed E-state index contributed by atoms with van der Waals surface area (Å²) >= 11 is 0. The van der Waals surface area contributed by atoms with Gasteiger partial charge >= 0.3 is 0 Å². The van der Waals surface area contributed by atoms with Crippen LogP contribution in [0.15, 0.2) is 47.4 Å². The smallest absolute Gasteiger partial charge is 0.251 e. The lowest BCUT2D eigenvalue weighted by Crippen LogP contribution is -2.27. The van der Waals surface area contributed by atoms with Crippen LogP contribution >= 0.6 is 0 Å². The molecule has 0 aliphatic rings. The Balaban J connectivity index is 2.23. The molecule has 0 aliphatic carbocycles. The Morgan fingerprint density at radius 1 is 1.07 bits per heavy atom. The van der Waals surface area contributed by atoms with E-state index < -0.39 is 10.0 Å². The number of rotatable bonds is 11. The zero-order valence-electron chi connectivity index (χ0n) is 18.3. The van der Waals surface area contributed by atoms with Gasteiger partial charge in [0.05, 0.1) is 11.5 Å². The average Bonchev–Trinajstić information content (AvgIpc) is 2.72. The van der Waals surface area contributed by atoms with Crippen LogP contribution in [0.1, 0.15) is 54.6 Å². The fraction of sp³-hybridized carbons (Fsp3) is 0.435. The summed E-state index contributed by atoms with van der Waals surface area (Å²) in [6, 6.07) is 11.9. The summed E-state index contributed by atoms with van der Waals surface area (Å²) in [7, 11) is -2.13. The highest BCUT2D eigenvalue weighted by Gasteiger charge is 2.22. The SMILES string of the molecule is CCCCCNC(=O)c1ccc(OCC)c(CN(C)S(=O)(=O)c2ccc(C)cc2)c1. The predicted molar refractivity (Wildman–Crippen MR) is 119 cm³/mol. The highest BCUT2D eigenvalue weighted by Crippen LogP contribution is 2.25. The van der Waals surface area contributed by atoms with Crippen LogP contribution in [0.4, 0.5) is 0 Å².